The van der Waals surface area contributed by atoms with Crippen molar-refractivity contribution in [2.45, 2.75) is 26.9 Å². The standard InChI is InChI=1S/C27H22F3N7/c1-17-9-25(19(3)33-13-17)37(26-32-8-6-24(35-26)20-5-4-7-31-14-20)23-11-21(27(28,29)30)10-22(12-23)36-15-18(2)34-16-36/h4-16H,1-3H3. The van der Waals surface area contributed by atoms with Crippen LogP contribution in [0.15, 0.2) is 79.8 Å². The number of rotatable bonds is 5. The van der Waals surface area contributed by atoms with Gasteiger partial charge in [0.25, 0.3) is 0 Å². The van der Waals surface area contributed by atoms with E-state index in [1.54, 1.807) is 72.5 Å². The van der Waals surface area contributed by atoms with Crippen molar-refractivity contribution in [3.63, 3.8) is 0 Å². The first-order valence-electron chi connectivity index (χ1n) is 11.4. The van der Waals surface area contributed by atoms with Crippen molar-refractivity contribution in [3.8, 4) is 16.9 Å². The third-order valence-electron chi connectivity index (χ3n) is 5.74. The molecule has 4 heterocycles. The Morgan fingerprint density at radius 1 is 0.892 bits per heavy atom. The maximum atomic E-state index is 14.1. The molecule has 0 aliphatic carbocycles. The summed E-state index contributed by atoms with van der Waals surface area (Å²) in [5.41, 5.74) is 3.76. The highest BCUT2D eigenvalue weighted by Gasteiger charge is 2.33. The third kappa shape index (κ3) is 5.04. The molecule has 37 heavy (non-hydrogen) atoms. The topological polar surface area (TPSA) is 72.6 Å². The van der Waals surface area contributed by atoms with E-state index < -0.39 is 11.7 Å². The molecule has 7 nitrogen and oxygen atoms in total. The first-order valence-corrected chi connectivity index (χ1v) is 11.4. The molecule has 0 saturated heterocycles. The summed E-state index contributed by atoms with van der Waals surface area (Å²) in [5.74, 6) is 0.198. The number of pyridine rings is 2. The van der Waals surface area contributed by atoms with Gasteiger partial charge in [-0.05, 0) is 68.8 Å². The van der Waals surface area contributed by atoms with Crippen LogP contribution in [-0.2, 0) is 6.18 Å². The number of benzene rings is 1. The predicted molar refractivity (Wildman–Crippen MR) is 134 cm³/mol. The van der Waals surface area contributed by atoms with Crippen molar-refractivity contribution in [3.05, 3.63) is 102 Å². The lowest BCUT2D eigenvalue weighted by Gasteiger charge is -2.26. The molecule has 0 bridgehead atoms. The largest absolute Gasteiger partial charge is 0.416 e. The van der Waals surface area contributed by atoms with Crippen molar-refractivity contribution in [2.24, 2.45) is 0 Å². The number of alkyl halides is 3. The molecule has 0 fully saturated rings. The van der Waals surface area contributed by atoms with Gasteiger partial charge in [0, 0.05) is 42.2 Å². The Morgan fingerprint density at radius 3 is 2.43 bits per heavy atom. The maximum Gasteiger partial charge on any atom is 0.416 e. The summed E-state index contributed by atoms with van der Waals surface area (Å²) in [6.07, 6.45) is 5.17. The first kappa shape index (κ1) is 24.1. The molecule has 5 aromatic rings. The summed E-state index contributed by atoms with van der Waals surface area (Å²) in [6.45, 7) is 5.43. The van der Waals surface area contributed by atoms with Crippen molar-refractivity contribution < 1.29 is 13.2 Å². The van der Waals surface area contributed by atoms with Crippen LogP contribution in [0, 0.1) is 20.8 Å². The molecule has 0 atom stereocenters. The third-order valence-corrected chi connectivity index (χ3v) is 5.74. The highest BCUT2D eigenvalue weighted by atomic mass is 19.4. The van der Waals surface area contributed by atoms with Crippen molar-refractivity contribution in [1.82, 2.24) is 29.5 Å². The van der Waals surface area contributed by atoms with Crippen LogP contribution in [-0.4, -0.2) is 29.5 Å². The lowest BCUT2D eigenvalue weighted by molar-refractivity contribution is -0.137. The highest BCUT2D eigenvalue weighted by Crippen LogP contribution is 2.40. The number of hydrogen-bond acceptors (Lipinski definition) is 6. The maximum absolute atomic E-state index is 14.1. The number of aryl methyl sites for hydroxylation is 3. The van der Waals surface area contributed by atoms with Crippen molar-refractivity contribution in [2.75, 3.05) is 4.90 Å². The average Bonchev–Trinajstić information content (AvgIpc) is 3.33. The minimum absolute atomic E-state index is 0.198. The second-order valence-corrected chi connectivity index (χ2v) is 8.59. The van der Waals surface area contributed by atoms with Gasteiger partial charge in [0.05, 0.1) is 40.3 Å². The zero-order valence-electron chi connectivity index (χ0n) is 20.3. The molecule has 1 aromatic carbocycles. The van der Waals surface area contributed by atoms with Crippen LogP contribution >= 0.6 is 0 Å². The molecule has 0 amide bonds. The molecule has 186 valence electrons. The van der Waals surface area contributed by atoms with E-state index in [-0.39, 0.29) is 11.6 Å². The molecule has 0 aliphatic rings. The fourth-order valence-electron chi connectivity index (χ4n) is 3.94. The van der Waals surface area contributed by atoms with Crippen LogP contribution in [0.3, 0.4) is 0 Å². The van der Waals surface area contributed by atoms with E-state index in [1.807, 2.05) is 19.1 Å². The number of anilines is 3. The molecule has 0 aliphatic heterocycles. The minimum atomic E-state index is -4.58. The summed E-state index contributed by atoms with van der Waals surface area (Å²) in [6, 6.07) is 11.1. The molecule has 0 radical (unpaired) electrons. The Hall–Kier alpha value is -4.60. The summed E-state index contributed by atoms with van der Waals surface area (Å²) in [5, 5.41) is 0. The van der Waals surface area contributed by atoms with Crippen molar-refractivity contribution >= 4 is 17.3 Å². The Bertz CT molecular complexity index is 1560. The number of halogens is 3. The molecular weight excluding hydrogens is 479 g/mol. The lowest BCUT2D eigenvalue weighted by Crippen LogP contribution is -2.17. The number of imidazole rings is 1. The Labute approximate surface area is 211 Å². The Morgan fingerprint density at radius 2 is 1.73 bits per heavy atom. The van der Waals surface area contributed by atoms with Crippen LogP contribution in [0.5, 0.6) is 0 Å². The van der Waals surface area contributed by atoms with Gasteiger partial charge in [-0.3, -0.25) is 14.9 Å². The van der Waals surface area contributed by atoms with E-state index >= 15 is 0 Å². The summed E-state index contributed by atoms with van der Waals surface area (Å²) in [7, 11) is 0. The molecular formula is C27H22F3N7. The van der Waals surface area contributed by atoms with Gasteiger partial charge in [0.15, 0.2) is 0 Å². The SMILES string of the molecule is Cc1cnc(C)c(N(c2cc(-n3cnc(C)c3)cc(C(F)(F)F)c2)c2nccc(-c3cccnc3)n2)c1. The first-order chi connectivity index (χ1) is 17.7. The molecule has 5 rings (SSSR count). The molecule has 0 unspecified atom stereocenters. The second-order valence-electron chi connectivity index (χ2n) is 8.59. The van der Waals surface area contributed by atoms with Gasteiger partial charge in [-0.25, -0.2) is 15.0 Å². The summed E-state index contributed by atoms with van der Waals surface area (Å²) >= 11 is 0. The van der Waals surface area contributed by atoms with E-state index in [0.29, 0.717) is 28.5 Å². The zero-order chi connectivity index (χ0) is 26.2. The smallest absolute Gasteiger partial charge is 0.306 e. The lowest BCUT2D eigenvalue weighted by atomic mass is 10.1. The number of nitrogens with zero attached hydrogens (tertiary/aromatic N) is 7. The fourth-order valence-corrected chi connectivity index (χ4v) is 3.94. The number of aromatic nitrogens is 6. The van der Waals surface area contributed by atoms with Gasteiger partial charge >= 0.3 is 6.18 Å². The van der Waals surface area contributed by atoms with Crippen LogP contribution in [0.1, 0.15) is 22.5 Å². The van der Waals surface area contributed by atoms with Gasteiger partial charge in [0.2, 0.25) is 5.95 Å². The van der Waals surface area contributed by atoms with E-state index in [9.17, 15) is 13.2 Å². The average molecular weight is 502 g/mol. The monoisotopic (exact) mass is 501 g/mol. The second kappa shape index (κ2) is 9.45. The van der Waals surface area contributed by atoms with Gasteiger partial charge in [-0.1, -0.05) is 0 Å². The van der Waals surface area contributed by atoms with Gasteiger partial charge in [0.1, 0.15) is 0 Å². The summed E-state index contributed by atoms with van der Waals surface area (Å²) < 4.78 is 43.8. The van der Waals surface area contributed by atoms with E-state index in [1.165, 1.54) is 6.33 Å². The van der Waals surface area contributed by atoms with Crippen molar-refractivity contribution in [1.29, 1.82) is 0 Å². The van der Waals surface area contributed by atoms with Crippen LogP contribution in [0.25, 0.3) is 16.9 Å². The molecule has 0 saturated carbocycles. The summed E-state index contributed by atoms with van der Waals surface area (Å²) in [4.78, 5) is 23.5. The molecule has 0 spiro atoms. The molecule has 0 N–H and O–H groups in total. The van der Waals surface area contributed by atoms with Gasteiger partial charge in [-0.2, -0.15) is 13.2 Å². The molecule has 4 aromatic heterocycles. The van der Waals surface area contributed by atoms with Crippen LogP contribution < -0.4 is 4.90 Å². The number of hydrogen-bond donors (Lipinski definition) is 0. The van der Waals surface area contributed by atoms with Gasteiger partial charge < -0.3 is 4.57 Å². The Balaban J connectivity index is 1.77. The fraction of sp³-hybridized carbons (Fsp3) is 0.148. The molecule has 10 heteroatoms. The normalized spacial score (nSPS) is 11.5. The van der Waals surface area contributed by atoms with Crippen LogP contribution in [0.4, 0.5) is 30.5 Å². The highest BCUT2D eigenvalue weighted by molar-refractivity contribution is 5.77. The van der Waals surface area contributed by atoms with Crippen LogP contribution in [0.2, 0.25) is 0 Å². The van der Waals surface area contributed by atoms with Gasteiger partial charge in [-0.15, -0.1) is 0 Å². The predicted octanol–water partition coefficient (Wildman–Crippen LogP) is 6.53. The Kier molecular flexibility index (Phi) is 6.16. The quantitative estimate of drug-likeness (QED) is 0.273. The van der Waals surface area contributed by atoms with E-state index in [2.05, 4.69) is 19.9 Å². The van der Waals surface area contributed by atoms with E-state index in [0.717, 1.165) is 23.3 Å². The zero-order valence-corrected chi connectivity index (χ0v) is 20.3. The van der Waals surface area contributed by atoms with E-state index in [4.69, 9.17) is 4.98 Å². The minimum Gasteiger partial charge on any atom is -0.306 e.